The van der Waals surface area contributed by atoms with Crippen molar-refractivity contribution in [2.45, 2.75) is 38.0 Å². The summed E-state index contributed by atoms with van der Waals surface area (Å²) in [6.45, 7) is 2.20. The Morgan fingerprint density at radius 1 is 1.04 bits per heavy atom. The largest absolute Gasteiger partial charge is 0.465 e. The first-order chi connectivity index (χ1) is 13.1. The lowest BCUT2D eigenvalue weighted by Crippen LogP contribution is -2.49. The molecular formula is C23H25NO3. The molecule has 5 rings (SSSR count). The Labute approximate surface area is 159 Å². The fraction of sp³-hybridized carbons (Fsp3) is 0.478. The molecule has 0 aromatic heterocycles. The molecule has 0 N–H and O–H groups in total. The number of ether oxygens (including phenoxy) is 1. The van der Waals surface area contributed by atoms with Gasteiger partial charge in [-0.25, -0.2) is 0 Å². The smallest absolute Gasteiger partial charge is 0.306 e. The van der Waals surface area contributed by atoms with E-state index in [1.54, 1.807) is 0 Å². The molecule has 27 heavy (non-hydrogen) atoms. The van der Waals surface area contributed by atoms with Gasteiger partial charge < -0.3 is 9.64 Å². The molecular weight excluding hydrogens is 338 g/mol. The number of fused-ring (bicyclic) bond motifs is 1. The number of carbonyl (C=O) groups is 2. The number of esters is 1. The summed E-state index contributed by atoms with van der Waals surface area (Å²) in [6.07, 6.45) is 4.21. The maximum Gasteiger partial charge on any atom is 0.306 e. The molecule has 2 aromatic rings. The van der Waals surface area contributed by atoms with Crippen LogP contribution in [0.2, 0.25) is 0 Å². The minimum atomic E-state index is -0.0999. The van der Waals surface area contributed by atoms with Crippen molar-refractivity contribution < 1.29 is 14.3 Å². The van der Waals surface area contributed by atoms with E-state index >= 15 is 0 Å². The van der Waals surface area contributed by atoms with Crippen LogP contribution in [0.3, 0.4) is 0 Å². The molecule has 1 spiro atoms. The summed E-state index contributed by atoms with van der Waals surface area (Å²) in [5.74, 6) is 0.818. The summed E-state index contributed by atoms with van der Waals surface area (Å²) in [5.41, 5.74) is 1.37. The molecule has 4 heteroatoms. The fourth-order valence-corrected chi connectivity index (χ4v) is 5.22. The van der Waals surface area contributed by atoms with Gasteiger partial charge in [-0.05, 0) is 47.9 Å². The Hall–Kier alpha value is -2.36. The van der Waals surface area contributed by atoms with Crippen LogP contribution < -0.4 is 0 Å². The third kappa shape index (κ3) is 3.01. The van der Waals surface area contributed by atoms with Gasteiger partial charge in [-0.3, -0.25) is 9.59 Å². The second-order valence-electron chi connectivity index (χ2n) is 8.65. The van der Waals surface area contributed by atoms with E-state index in [9.17, 15) is 9.59 Å². The normalized spacial score (nSPS) is 28.4. The highest BCUT2D eigenvalue weighted by atomic mass is 16.5. The molecule has 2 heterocycles. The Morgan fingerprint density at radius 3 is 2.48 bits per heavy atom. The number of likely N-dealkylation sites (tertiary alicyclic amines) is 1. The SMILES string of the molecule is O=C1CC2(CO1)CC(C(=O)N1CCC(c3ccc4ccccc4c3)CC1)C2. The van der Waals surface area contributed by atoms with Gasteiger partial charge in [0.1, 0.15) is 0 Å². The van der Waals surface area contributed by atoms with Crippen LogP contribution in [0.15, 0.2) is 42.5 Å². The van der Waals surface area contributed by atoms with E-state index < -0.39 is 0 Å². The highest BCUT2D eigenvalue weighted by Crippen LogP contribution is 2.52. The molecule has 3 aliphatic rings. The van der Waals surface area contributed by atoms with Crippen molar-refractivity contribution in [1.29, 1.82) is 0 Å². The number of nitrogens with zero attached hydrogens (tertiary/aromatic N) is 1. The van der Waals surface area contributed by atoms with Crippen LogP contribution in [0.5, 0.6) is 0 Å². The molecule has 1 aliphatic carbocycles. The van der Waals surface area contributed by atoms with Crippen molar-refractivity contribution in [3.63, 3.8) is 0 Å². The number of hydrogen-bond donors (Lipinski definition) is 0. The first-order valence-corrected chi connectivity index (χ1v) is 10.1. The van der Waals surface area contributed by atoms with Gasteiger partial charge in [-0.2, -0.15) is 0 Å². The highest BCUT2D eigenvalue weighted by molar-refractivity contribution is 5.83. The van der Waals surface area contributed by atoms with E-state index in [1.165, 1.54) is 16.3 Å². The van der Waals surface area contributed by atoms with E-state index in [2.05, 4.69) is 42.5 Å². The van der Waals surface area contributed by atoms with Crippen LogP contribution in [-0.2, 0) is 14.3 Å². The van der Waals surface area contributed by atoms with Crippen LogP contribution >= 0.6 is 0 Å². The molecule has 4 nitrogen and oxygen atoms in total. The molecule has 2 aromatic carbocycles. The van der Waals surface area contributed by atoms with E-state index in [4.69, 9.17) is 4.74 Å². The summed E-state index contributed by atoms with van der Waals surface area (Å²) in [7, 11) is 0. The average molecular weight is 363 g/mol. The van der Waals surface area contributed by atoms with Gasteiger partial charge in [0, 0.05) is 24.4 Å². The Bertz CT molecular complexity index is 891. The third-order valence-corrected chi connectivity index (χ3v) is 6.82. The number of amides is 1. The van der Waals surface area contributed by atoms with E-state index in [0.717, 1.165) is 38.8 Å². The molecule has 0 radical (unpaired) electrons. The maximum absolute atomic E-state index is 12.8. The number of rotatable bonds is 2. The van der Waals surface area contributed by atoms with Gasteiger partial charge in [0.25, 0.3) is 0 Å². The van der Waals surface area contributed by atoms with Gasteiger partial charge in [0.05, 0.1) is 13.0 Å². The summed E-state index contributed by atoms with van der Waals surface area (Å²) in [5, 5.41) is 2.57. The van der Waals surface area contributed by atoms with Crippen LogP contribution in [0, 0.1) is 11.3 Å². The third-order valence-electron chi connectivity index (χ3n) is 6.82. The zero-order valence-corrected chi connectivity index (χ0v) is 15.5. The summed E-state index contributed by atoms with van der Waals surface area (Å²) < 4.78 is 5.11. The summed E-state index contributed by atoms with van der Waals surface area (Å²) >= 11 is 0. The molecule has 0 bridgehead atoms. The first-order valence-electron chi connectivity index (χ1n) is 10.1. The predicted octanol–water partition coefficient (Wildman–Crippen LogP) is 3.89. The number of piperidine rings is 1. The molecule has 140 valence electrons. The molecule has 2 aliphatic heterocycles. The van der Waals surface area contributed by atoms with Crippen molar-refractivity contribution in [3.05, 3.63) is 48.0 Å². The lowest BCUT2D eigenvalue weighted by Gasteiger charge is -2.45. The van der Waals surface area contributed by atoms with Crippen molar-refractivity contribution in [2.24, 2.45) is 11.3 Å². The van der Waals surface area contributed by atoms with Gasteiger partial charge in [-0.15, -0.1) is 0 Å². The van der Waals surface area contributed by atoms with E-state index in [-0.39, 0.29) is 23.2 Å². The molecule has 0 unspecified atom stereocenters. The highest BCUT2D eigenvalue weighted by Gasteiger charge is 2.53. The van der Waals surface area contributed by atoms with Crippen molar-refractivity contribution in [2.75, 3.05) is 19.7 Å². The fourth-order valence-electron chi connectivity index (χ4n) is 5.22. The standard InChI is InChI=1S/C23H25NO3/c25-21-14-23(15-27-21)12-20(13-23)22(26)24-9-7-17(8-10-24)19-6-5-16-3-1-2-4-18(16)11-19/h1-6,11,17,20H,7-10,12-15H2. The van der Waals surface area contributed by atoms with Gasteiger partial charge in [0.15, 0.2) is 0 Å². The molecule has 1 saturated carbocycles. The summed E-state index contributed by atoms with van der Waals surface area (Å²) in [6, 6.07) is 15.2. The number of cyclic esters (lactones) is 1. The van der Waals surface area contributed by atoms with Gasteiger partial charge in [-0.1, -0.05) is 42.5 Å². The first kappa shape index (κ1) is 16.8. The lowest BCUT2D eigenvalue weighted by atomic mass is 9.61. The Morgan fingerprint density at radius 2 is 1.78 bits per heavy atom. The molecule has 2 saturated heterocycles. The second-order valence-corrected chi connectivity index (χ2v) is 8.65. The molecule has 3 fully saturated rings. The zero-order valence-electron chi connectivity index (χ0n) is 15.5. The number of carbonyl (C=O) groups excluding carboxylic acids is 2. The minimum absolute atomic E-state index is 0.0270. The quantitative estimate of drug-likeness (QED) is 0.761. The predicted molar refractivity (Wildman–Crippen MR) is 103 cm³/mol. The maximum atomic E-state index is 12.8. The minimum Gasteiger partial charge on any atom is -0.465 e. The number of hydrogen-bond acceptors (Lipinski definition) is 3. The monoisotopic (exact) mass is 363 g/mol. The van der Waals surface area contributed by atoms with Crippen molar-refractivity contribution in [3.8, 4) is 0 Å². The summed E-state index contributed by atoms with van der Waals surface area (Å²) in [4.78, 5) is 26.2. The number of benzene rings is 2. The van der Waals surface area contributed by atoms with E-state index in [0.29, 0.717) is 18.9 Å². The van der Waals surface area contributed by atoms with E-state index in [1.807, 2.05) is 4.90 Å². The average Bonchev–Trinajstić information content (AvgIpc) is 3.08. The second kappa shape index (κ2) is 6.36. The Balaban J connectivity index is 1.19. The van der Waals surface area contributed by atoms with Gasteiger partial charge in [0.2, 0.25) is 5.91 Å². The van der Waals surface area contributed by atoms with Gasteiger partial charge >= 0.3 is 5.97 Å². The van der Waals surface area contributed by atoms with Crippen LogP contribution in [0.4, 0.5) is 0 Å². The Kier molecular flexibility index (Phi) is 3.96. The van der Waals surface area contributed by atoms with Crippen LogP contribution in [-0.4, -0.2) is 36.5 Å². The van der Waals surface area contributed by atoms with Crippen LogP contribution in [0.25, 0.3) is 10.8 Å². The molecule has 0 atom stereocenters. The lowest BCUT2D eigenvalue weighted by molar-refractivity contribution is -0.144. The topological polar surface area (TPSA) is 46.6 Å². The molecule has 1 amide bonds. The van der Waals surface area contributed by atoms with Crippen molar-refractivity contribution in [1.82, 2.24) is 4.90 Å². The van der Waals surface area contributed by atoms with Crippen LogP contribution in [0.1, 0.15) is 43.6 Å². The zero-order chi connectivity index (χ0) is 18.4. The van der Waals surface area contributed by atoms with Crippen molar-refractivity contribution >= 4 is 22.6 Å².